The summed E-state index contributed by atoms with van der Waals surface area (Å²) in [5.41, 5.74) is 12.4. The highest BCUT2D eigenvalue weighted by Gasteiger charge is 2.23. The molecule has 0 spiro atoms. The van der Waals surface area contributed by atoms with E-state index in [1.165, 1.54) is 70.9 Å². The van der Waals surface area contributed by atoms with Gasteiger partial charge in [0.1, 0.15) is 0 Å². The van der Waals surface area contributed by atoms with Crippen LogP contribution in [0.1, 0.15) is 0 Å². The Labute approximate surface area is 335 Å². The number of aromatic nitrogens is 3. The molecule has 0 unspecified atom stereocenters. The van der Waals surface area contributed by atoms with Crippen LogP contribution in [0.5, 0.6) is 0 Å². The molecule has 1 heterocycles. The van der Waals surface area contributed by atoms with Crippen LogP contribution in [0.2, 0.25) is 0 Å². The van der Waals surface area contributed by atoms with Crippen LogP contribution >= 0.6 is 0 Å². The van der Waals surface area contributed by atoms with Crippen molar-refractivity contribution in [2.45, 2.75) is 0 Å². The Morgan fingerprint density at radius 2 is 0.828 bits per heavy atom. The van der Waals surface area contributed by atoms with Gasteiger partial charge < -0.3 is 0 Å². The Balaban J connectivity index is 1.04. The van der Waals surface area contributed by atoms with E-state index >= 15 is 0 Å². The van der Waals surface area contributed by atoms with Crippen molar-refractivity contribution in [3.05, 3.63) is 200 Å². The van der Waals surface area contributed by atoms with E-state index in [9.17, 15) is 0 Å². The third kappa shape index (κ3) is 5.11. The minimum absolute atomic E-state index is 0.633. The van der Waals surface area contributed by atoms with Gasteiger partial charge in [-0.2, -0.15) is 0 Å². The second-order valence-corrected chi connectivity index (χ2v) is 15.1. The van der Waals surface area contributed by atoms with Gasteiger partial charge in [0.2, 0.25) is 0 Å². The van der Waals surface area contributed by atoms with Crippen molar-refractivity contribution < 1.29 is 0 Å². The molecule has 0 amide bonds. The monoisotopic (exact) mass is 735 g/mol. The largest absolute Gasteiger partial charge is 0.208 e. The summed E-state index contributed by atoms with van der Waals surface area (Å²) in [6, 6.07) is 71.6. The number of hydrogen-bond acceptors (Lipinski definition) is 3. The van der Waals surface area contributed by atoms with Crippen molar-refractivity contribution in [3.63, 3.8) is 0 Å². The molecule has 3 nitrogen and oxygen atoms in total. The molecule has 58 heavy (non-hydrogen) atoms. The maximum atomic E-state index is 5.25. The van der Waals surface area contributed by atoms with Gasteiger partial charge in [0.25, 0.3) is 0 Å². The Hall–Kier alpha value is -7.75. The SMILES string of the molecule is c1ccc(-c2ccccc2-c2nc(-c3ccc(-c4c5ccccc5cc5c4ccc4ccccc45)cc3)nc(-c3ccc4c(c3)-c3cccc5cccc-4c35)n2)cc1. The number of rotatable bonds is 5. The zero-order valence-electron chi connectivity index (χ0n) is 31.4. The maximum Gasteiger partial charge on any atom is 0.164 e. The summed E-state index contributed by atoms with van der Waals surface area (Å²) in [6.45, 7) is 0. The van der Waals surface area contributed by atoms with Gasteiger partial charge in [0, 0.05) is 16.7 Å². The van der Waals surface area contributed by atoms with Crippen LogP contribution < -0.4 is 0 Å². The third-order valence-electron chi connectivity index (χ3n) is 11.9. The topological polar surface area (TPSA) is 38.7 Å². The fourth-order valence-corrected chi connectivity index (χ4v) is 9.15. The van der Waals surface area contributed by atoms with Crippen molar-refractivity contribution in [2.75, 3.05) is 0 Å². The van der Waals surface area contributed by atoms with Crippen LogP contribution in [0.4, 0.5) is 0 Å². The minimum Gasteiger partial charge on any atom is -0.208 e. The number of fused-ring (bicyclic) bond motifs is 7. The Morgan fingerprint density at radius 1 is 0.241 bits per heavy atom. The minimum atomic E-state index is 0.633. The van der Waals surface area contributed by atoms with E-state index in [1.54, 1.807) is 0 Å². The van der Waals surface area contributed by atoms with Gasteiger partial charge in [-0.25, -0.2) is 15.0 Å². The zero-order valence-corrected chi connectivity index (χ0v) is 31.4. The van der Waals surface area contributed by atoms with Crippen LogP contribution in [0.3, 0.4) is 0 Å². The summed E-state index contributed by atoms with van der Waals surface area (Å²) in [5, 5.41) is 10.0. The lowest BCUT2D eigenvalue weighted by Crippen LogP contribution is -2.01. The molecule has 10 aromatic carbocycles. The molecule has 12 rings (SSSR count). The van der Waals surface area contributed by atoms with E-state index < -0.39 is 0 Å². The molecule has 0 fully saturated rings. The lowest BCUT2D eigenvalue weighted by atomic mass is 9.89. The van der Waals surface area contributed by atoms with E-state index in [1.807, 2.05) is 6.07 Å². The number of benzene rings is 10. The normalized spacial score (nSPS) is 11.8. The van der Waals surface area contributed by atoms with Crippen LogP contribution in [0.25, 0.3) is 122 Å². The highest BCUT2D eigenvalue weighted by molar-refractivity contribution is 6.20. The summed E-state index contributed by atoms with van der Waals surface area (Å²) in [4.78, 5) is 15.7. The lowest BCUT2D eigenvalue weighted by molar-refractivity contribution is 1.07. The molecule has 11 aromatic rings. The summed E-state index contributed by atoms with van der Waals surface area (Å²) < 4.78 is 0. The first-order valence-corrected chi connectivity index (χ1v) is 19.8. The Morgan fingerprint density at radius 3 is 1.64 bits per heavy atom. The van der Waals surface area contributed by atoms with E-state index in [0.717, 1.165) is 33.4 Å². The molecule has 0 bridgehead atoms. The highest BCUT2D eigenvalue weighted by atomic mass is 15.0. The molecule has 0 saturated heterocycles. The molecule has 0 saturated carbocycles. The first-order valence-electron chi connectivity index (χ1n) is 19.8. The van der Waals surface area contributed by atoms with Crippen LogP contribution in [0, 0.1) is 0 Å². The van der Waals surface area contributed by atoms with Crippen molar-refractivity contribution in [3.8, 4) is 78.7 Å². The van der Waals surface area contributed by atoms with Gasteiger partial charge in [-0.1, -0.05) is 188 Å². The van der Waals surface area contributed by atoms with Crippen LogP contribution in [-0.4, -0.2) is 15.0 Å². The van der Waals surface area contributed by atoms with Crippen molar-refractivity contribution in [1.82, 2.24) is 15.0 Å². The Bertz CT molecular complexity index is 3440. The molecule has 3 heteroatoms. The average molecular weight is 736 g/mol. The summed E-state index contributed by atoms with van der Waals surface area (Å²) in [7, 11) is 0. The third-order valence-corrected chi connectivity index (χ3v) is 11.9. The molecule has 1 aliphatic rings. The molecule has 1 aromatic heterocycles. The van der Waals surface area contributed by atoms with Crippen molar-refractivity contribution >= 4 is 43.1 Å². The van der Waals surface area contributed by atoms with E-state index in [4.69, 9.17) is 15.0 Å². The highest BCUT2D eigenvalue weighted by Crippen LogP contribution is 2.48. The second kappa shape index (κ2) is 12.9. The molecule has 1 aliphatic carbocycles. The maximum absolute atomic E-state index is 5.25. The molecular weight excluding hydrogens is 703 g/mol. The van der Waals surface area contributed by atoms with Gasteiger partial charge in [0.05, 0.1) is 0 Å². The quantitative estimate of drug-likeness (QED) is 0.130. The standard InChI is InChI=1S/C55H33N3/c1-2-12-34(13-3-1)41-18-8-9-21-48(41)55-57-53(56-54(58-55)40-29-30-44-45-22-10-16-36-17-11-23-46(52(36)45)50(44)33-40)38-26-24-37(25-27-38)51-43-20-7-5-15-39(43)32-49-42-19-6-4-14-35(42)28-31-47(49)51/h1-33H. The van der Waals surface area contributed by atoms with Crippen molar-refractivity contribution in [1.29, 1.82) is 0 Å². The first kappa shape index (κ1) is 32.5. The predicted octanol–water partition coefficient (Wildman–Crippen LogP) is 14.5. The van der Waals surface area contributed by atoms with Gasteiger partial charge >= 0.3 is 0 Å². The van der Waals surface area contributed by atoms with E-state index in [0.29, 0.717) is 17.5 Å². The number of hydrogen-bond donors (Lipinski definition) is 0. The lowest BCUT2D eigenvalue weighted by Gasteiger charge is -2.15. The molecule has 0 radical (unpaired) electrons. The molecule has 0 N–H and O–H groups in total. The summed E-state index contributed by atoms with van der Waals surface area (Å²) in [6.07, 6.45) is 0. The van der Waals surface area contributed by atoms with E-state index in [-0.39, 0.29) is 0 Å². The van der Waals surface area contributed by atoms with E-state index in [2.05, 4.69) is 194 Å². The smallest absolute Gasteiger partial charge is 0.164 e. The molecule has 0 atom stereocenters. The van der Waals surface area contributed by atoms with Crippen LogP contribution in [-0.2, 0) is 0 Å². The first-order chi connectivity index (χ1) is 28.7. The number of nitrogens with zero attached hydrogens (tertiary/aromatic N) is 3. The molecular formula is C55H33N3. The summed E-state index contributed by atoms with van der Waals surface area (Å²) >= 11 is 0. The van der Waals surface area contributed by atoms with Gasteiger partial charge in [-0.15, -0.1) is 0 Å². The average Bonchev–Trinajstić information content (AvgIpc) is 3.62. The van der Waals surface area contributed by atoms with Crippen molar-refractivity contribution in [2.24, 2.45) is 0 Å². The van der Waals surface area contributed by atoms with Gasteiger partial charge in [-0.05, 0) is 99.7 Å². The Kier molecular flexibility index (Phi) is 7.23. The zero-order chi connectivity index (χ0) is 38.2. The molecule has 268 valence electrons. The van der Waals surface area contributed by atoms with Gasteiger partial charge in [-0.3, -0.25) is 0 Å². The fourth-order valence-electron chi connectivity index (χ4n) is 9.15. The molecule has 0 aliphatic heterocycles. The predicted molar refractivity (Wildman–Crippen MR) is 241 cm³/mol. The summed E-state index contributed by atoms with van der Waals surface area (Å²) in [5.74, 6) is 1.92. The second-order valence-electron chi connectivity index (χ2n) is 15.1. The van der Waals surface area contributed by atoms with Gasteiger partial charge in [0.15, 0.2) is 17.5 Å². The fraction of sp³-hybridized carbons (Fsp3) is 0. The van der Waals surface area contributed by atoms with Crippen LogP contribution in [0.15, 0.2) is 200 Å².